The first-order chi connectivity index (χ1) is 12.4. The number of rotatable bonds is 3. The Hall–Kier alpha value is -1.67. The SMILES string of the molecule is Cc1c(F)c(N2CCNC(C)C2)cc2c1c(=O)c(C(=O)[O-])cn2C1CC1.[Ag+]. The van der Waals surface area contributed by atoms with Crippen molar-refractivity contribution in [2.75, 3.05) is 24.5 Å². The first-order valence-corrected chi connectivity index (χ1v) is 8.96. The van der Waals surface area contributed by atoms with Gasteiger partial charge in [-0.15, -0.1) is 0 Å². The molecule has 2 aliphatic rings. The number of carbonyl (C=O) groups excluding carboxylic acids is 1. The number of aromatic carboxylic acids is 1. The van der Waals surface area contributed by atoms with E-state index < -0.39 is 22.8 Å². The van der Waals surface area contributed by atoms with Gasteiger partial charge in [-0.05, 0) is 32.8 Å². The van der Waals surface area contributed by atoms with Gasteiger partial charge < -0.3 is 24.7 Å². The Morgan fingerprint density at radius 3 is 2.67 bits per heavy atom. The van der Waals surface area contributed by atoms with E-state index in [9.17, 15) is 14.7 Å². The summed E-state index contributed by atoms with van der Waals surface area (Å²) in [6.45, 7) is 5.70. The van der Waals surface area contributed by atoms with Crippen LogP contribution in [0.3, 0.4) is 0 Å². The molecule has 2 aromatic rings. The van der Waals surface area contributed by atoms with Gasteiger partial charge in [-0.2, -0.15) is 0 Å². The van der Waals surface area contributed by atoms with Crippen molar-refractivity contribution in [1.82, 2.24) is 9.88 Å². The molecule has 0 amide bonds. The van der Waals surface area contributed by atoms with E-state index in [0.29, 0.717) is 24.3 Å². The second-order valence-electron chi connectivity index (χ2n) is 7.33. The minimum Gasteiger partial charge on any atom is -0.545 e. The van der Waals surface area contributed by atoms with E-state index in [1.54, 1.807) is 13.0 Å². The number of halogens is 1. The van der Waals surface area contributed by atoms with Gasteiger partial charge in [0.1, 0.15) is 5.82 Å². The Kier molecular flexibility index (Phi) is 5.49. The van der Waals surface area contributed by atoms with Crippen molar-refractivity contribution in [3.05, 3.63) is 39.4 Å². The maximum Gasteiger partial charge on any atom is 1.00 e. The van der Waals surface area contributed by atoms with Crippen LogP contribution in [-0.2, 0) is 22.4 Å². The maximum absolute atomic E-state index is 15.1. The molecular weight excluding hydrogens is 445 g/mol. The van der Waals surface area contributed by atoms with Crippen LogP contribution in [0.4, 0.5) is 10.1 Å². The van der Waals surface area contributed by atoms with Crippen LogP contribution in [0.5, 0.6) is 0 Å². The molecule has 1 saturated carbocycles. The molecule has 4 rings (SSSR count). The van der Waals surface area contributed by atoms with Crippen LogP contribution < -0.4 is 20.8 Å². The van der Waals surface area contributed by atoms with Gasteiger partial charge >= 0.3 is 22.4 Å². The Labute approximate surface area is 171 Å². The minimum absolute atomic E-state index is 0. The second kappa shape index (κ2) is 7.39. The molecule has 0 radical (unpaired) electrons. The molecule has 0 spiro atoms. The third kappa shape index (κ3) is 3.45. The third-order valence-corrected chi connectivity index (χ3v) is 5.35. The summed E-state index contributed by atoms with van der Waals surface area (Å²) >= 11 is 0. The van der Waals surface area contributed by atoms with Gasteiger partial charge in [-0.25, -0.2) is 4.39 Å². The van der Waals surface area contributed by atoms with E-state index in [1.165, 1.54) is 6.20 Å². The maximum atomic E-state index is 15.1. The Morgan fingerprint density at radius 2 is 2.07 bits per heavy atom. The second-order valence-corrected chi connectivity index (χ2v) is 7.33. The number of hydrogen-bond acceptors (Lipinski definition) is 5. The number of pyridine rings is 1. The standard InChI is InChI=1S/C19H22FN3O3.Ag/c1-10-8-22(6-5-21-10)15-7-14-16(11(2)17(15)20)18(24)13(19(25)26)9-23(14)12-3-4-12;/h7,9-10,12,21H,3-6,8H2,1-2H3,(H,25,26);/q;+1/p-1. The number of aryl methyl sites for hydroxylation is 1. The van der Waals surface area contributed by atoms with Crippen molar-refractivity contribution in [3.8, 4) is 0 Å². The molecule has 1 aromatic heterocycles. The van der Waals surface area contributed by atoms with Gasteiger partial charge in [0.15, 0.2) is 5.43 Å². The molecule has 1 aliphatic heterocycles. The van der Waals surface area contributed by atoms with Crippen LogP contribution in [-0.4, -0.2) is 36.2 Å². The zero-order valence-electron chi connectivity index (χ0n) is 15.1. The van der Waals surface area contributed by atoms with Gasteiger partial charge in [0.25, 0.3) is 0 Å². The quantitative estimate of drug-likeness (QED) is 0.682. The number of nitrogens with one attached hydrogen (secondary N) is 1. The molecule has 27 heavy (non-hydrogen) atoms. The molecule has 2 fully saturated rings. The zero-order valence-corrected chi connectivity index (χ0v) is 16.6. The van der Waals surface area contributed by atoms with Gasteiger partial charge in [0.2, 0.25) is 0 Å². The molecule has 1 aliphatic carbocycles. The van der Waals surface area contributed by atoms with Crippen molar-refractivity contribution >= 4 is 22.6 Å². The minimum atomic E-state index is -1.52. The molecule has 1 N–H and O–H groups in total. The topological polar surface area (TPSA) is 77.4 Å². The van der Waals surface area contributed by atoms with E-state index >= 15 is 4.39 Å². The van der Waals surface area contributed by atoms with Crippen molar-refractivity contribution < 1.29 is 36.7 Å². The number of nitrogens with zero attached hydrogens (tertiary/aromatic N) is 2. The van der Waals surface area contributed by atoms with Crippen LogP contribution in [0.1, 0.15) is 41.7 Å². The van der Waals surface area contributed by atoms with E-state index in [-0.39, 0.29) is 45.4 Å². The fraction of sp³-hybridized carbons (Fsp3) is 0.474. The van der Waals surface area contributed by atoms with E-state index in [4.69, 9.17) is 0 Å². The number of carboxylic acid groups (broad SMARTS) is 1. The van der Waals surface area contributed by atoms with Gasteiger partial charge in [0.05, 0.1) is 28.1 Å². The smallest absolute Gasteiger partial charge is 0.545 e. The number of benzene rings is 1. The summed E-state index contributed by atoms with van der Waals surface area (Å²) in [5.74, 6) is -1.98. The summed E-state index contributed by atoms with van der Waals surface area (Å²) < 4.78 is 16.9. The first-order valence-electron chi connectivity index (χ1n) is 8.96. The number of piperazine rings is 1. The molecule has 1 unspecified atom stereocenters. The molecule has 0 bridgehead atoms. The summed E-state index contributed by atoms with van der Waals surface area (Å²) in [6.07, 6.45) is 3.20. The summed E-state index contributed by atoms with van der Waals surface area (Å²) in [7, 11) is 0. The number of fused-ring (bicyclic) bond motifs is 1. The monoisotopic (exact) mass is 465 g/mol. The van der Waals surface area contributed by atoms with E-state index in [1.807, 2.05) is 16.4 Å². The number of aromatic nitrogens is 1. The van der Waals surface area contributed by atoms with E-state index in [0.717, 1.165) is 19.4 Å². The number of carbonyl (C=O) groups is 1. The number of hydrogen-bond donors (Lipinski definition) is 1. The van der Waals surface area contributed by atoms with Crippen LogP contribution in [0.15, 0.2) is 17.1 Å². The summed E-state index contributed by atoms with van der Waals surface area (Å²) in [5.41, 5.74) is 0.191. The number of carboxylic acids is 1. The fourth-order valence-corrected chi connectivity index (χ4v) is 3.83. The van der Waals surface area contributed by atoms with Crippen LogP contribution in [0.25, 0.3) is 10.9 Å². The van der Waals surface area contributed by atoms with Gasteiger partial charge in [0, 0.05) is 43.5 Å². The summed E-state index contributed by atoms with van der Waals surface area (Å²) in [4.78, 5) is 26.0. The van der Waals surface area contributed by atoms with E-state index in [2.05, 4.69) is 5.32 Å². The molecule has 1 aromatic carbocycles. The molecule has 1 atom stereocenters. The molecular formula is C19H21AgFN3O3. The zero-order chi connectivity index (χ0) is 18.6. The van der Waals surface area contributed by atoms with Crippen molar-refractivity contribution in [3.63, 3.8) is 0 Å². The molecule has 6 nitrogen and oxygen atoms in total. The average Bonchev–Trinajstić information content (AvgIpc) is 3.42. The predicted molar refractivity (Wildman–Crippen MR) is 95.2 cm³/mol. The Bertz CT molecular complexity index is 971. The third-order valence-electron chi connectivity index (χ3n) is 5.35. The largest absolute Gasteiger partial charge is 1.00 e. The molecule has 148 valence electrons. The number of anilines is 1. The molecule has 1 saturated heterocycles. The summed E-state index contributed by atoms with van der Waals surface area (Å²) in [6, 6.07) is 2.09. The van der Waals surface area contributed by atoms with Crippen LogP contribution in [0, 0.1) is 12.7 Å². The van der Waals surface area contributed by atoms with Crippen molar-refractivity contribution in [2.45, 2.75) is 38.8 Å². The van der Waals surface area contributed by atoms with Gasteiger partial charge in [-0.3, -0.25) is 4.79 Å². The van der Waals surface area contributed by atoms with Gasteiger partial charge in [-0.1, -0.05) is 0 Å². The predicted octanol–water partition coefficient (Wildman–Crippen LogP) is 0.943. The van der Waals surface area contributed by atoms with Crippen LogP contribution >= 0.6 is 0 Å². The first kappa shape index (κ1) is 20.1. The normalized spacial score (nSPS) is 19.8. The Balaban J connectivity index is 0.00000210. The van der Waals surface area contributed by atoms with Crippen molar-refractivity contribution in [1.29, 1.82) is 0 Å². The molecule has 2 heterocycles. The average molecular weight is 466 g/mol. The summed E-state index contributed by atoms with van der Waals surface area (Å²) in [5, 5.41) is 14.8. The fourth-order valence-electron chi connectivity index (χ4n) is 3.83. The van der Waals surface area contributed by atoms with Crippen molar-refractivity contribution in [2.24, 2.45) is 0 Å². The van der Waals surface area contributed by atoms with Crippen LogP contribution in [0.2, 0.25) is 0 Å². The Morgan fingerprint density at radius 1 is 1.37 bits per heavy atom. The molecule has 8 heteroatoms.